The van der Waals surface area contributed by atoms with Gasteiger partial charge in [0.05, 0.1) is 12.8 Å². The van der Waals surface area contributed by atoms with Gasteiger partial charge in [-0.25, -0.2) is 0 Å². The van der Waals surface area contributed by atoms with Crippen LogP contribution in [0, 0.1) is 0 Å². The minimum absolute atomic E-state index is 0.00398. The maximum atomic E-state index is 12.4. The Morgan fingerprint density at radius 1 is 1.28 bits per heavy atom. The van der Waals surface area contributed by atoms with Crippen molar-refractivity contribution in [1.82, 2.24) is 9.78 Å². The smallest absolute Gasteiger partial charge is 0.226 e. The van der Waals surface area contributed by atoms with Crippen LogP contribution in [-0.2, 0) is 24.7 Å². The van der Waals surface area contributed by atoms with E-state index >= 15 is 0 Å². The highest BCUT2D eigenvalue weighted by molar-refractivity contribution is 5.94. The number of anilines is 1. The molecule has 1 aromatic heterocycles. The van der Waals surface area contributed by atoms with Gasteiger partial charge in [0.2, 0.25) is 5.91 Å². The number of benzene rings is 1. The van der Waals surface area contributed by atoms with Crippen LogP contribution in [0.1, 0.15) is 66.5 Å². The van der Waals surface area contributed by atoms with Gasteiger partial charge < -0.3 is 10.1 Å². The molecule has 0 saturated heterocycles. The third kappa shape index (κ3) is 2.53. The normalized spacial score (nSPS) is 18.9. The van der Waals surface area contributed by atoms with Gasteiger partial charge >= 0.3 is 0 Å². The van der Waals surface area contributed by atoms with Gasteiger partial charge in [0.15, 0.2) is 0 Å². The fourth-order valence-corrected chi connectivity index (χ4v) is 4.29. The lowest BCUT2D eigenvalue weighted by atomic mass is 9.82. The highest BCUT2D eigenvalue weighted by Crippen LogP contribution is 2.45. The molecule has 0 spiro atoms. The van der Waals surface area contributed by atoms with Gasteiger partial charge in [0.1, 0.15) is 11.6 Å². The number of nitrogens with one attached hydrogen (secondary N) is 1. The number of amides is 1. The predicted molar refractivity (Wildman–Crippen MR) is 97.4 cm³/mol. The molecule has 1 amide bonds. The maximum absolute atomic E-state index is 12.4. The number of carbonyl (C=O) groups excluding carboxylic acids is 1. The summed E-state index contributed by atoms with van der Waals surface area (Å²) in [6.07, 6.45) is 3.87. The summed E-state index contributed by atoms with van der Waals surface area (Å²) in [5.41, 5.74) is 6.11. The molecule has 1 N–H and O–H groups in total. The first-order valence-corrected chi connectivity index (χ1v) is 9.06. The first-order valence-electron chi connectivity index (χ1n) is 9.06. The zero-order chi connectivity index (χ0) is 17.7. The standard InChI is InChI=1S/C20H25N3O2/c1-11(2)19-18-15(10-17(24)21-20(18)23(3)22-19)14-8-12-6-5-7-13(12)9-16(14)25-4/h8-9,11,15H,5-7,10H2,1-4H3,(H,21,24)/t15-/m1/s1. The van der Waals surface area contributed by atoms with Gasteiger partial charge in [0, 0.05) is 30.5 Å². The molecule has 0 saturated carbocycles. The molecule has 5 heteroatoms. The average Bonchev–Trinajstić information content (AvgIpc) is 3.17. The lowest BCUT2D eigenvalue weighted by molar-refractivity contribution is -0.116. The molecule has 1 atom stereocenters. The summed E-state index contributed by atoms with van der Waals surface area (Å²) in [7, 11) is 3.61. The second-order valence-electron chi connectivity index (χ2n) is 7.45. The van der Waals surface area contributed by atoms with Crippen molar-refractivity contribution in [3.63, 3.8) is 0 Å². The van der Waals surface area contributed by atoms with Crippen LogP contribution < -0.4 is 10.1 Å². The largest absolute Gasteiger partial charge is 0.496 e. The first-order chi connectivity index (χ1) is 12.0. The molecule has 1 aliphatic heterocycles. The van der Waals surface area contributed by atoms with Crippen molar-refractivity contribution in [1.29, 1.82) is 0 Å². The quantitative estimate of drug-likeness (QED) is 0.931. The van der Waals surface area contributed by atoms with Crippen molar-refractivity contribution >= 4 is 11.7 Å². The minimum Gasteiger partial charge on any atom is -0.496 e. The van der Waals surface area contributed by atoms with Crippen molar-refractivity contribution in [3.05, 3.63) is 40.1 Å². The summed E-state index contributed by atoms with van der Waals surface area (Å²) in [6, 6.07) is 4.45. The van der Waals surface area contributed by atoms with Crippen molar-refractivity contribution in [2.75, 3.05) is 12.4 Å². The van der Waals surface area contributed by atoms with E-state index in [1.165, 1.54) is 17.5 Å². The van der Waals surface area contributed by atoms with Crippen LogP contribution in [0.3, 0.4) is 0 Å². The van der Waals surface area contributed by atoms with Gasteiger partial charge in [-0.2, -0.15) is 5.10 Å². The highest BCUT2D eigenvalue weighted by atomic mass is 16.5. The number of fused-ring (bicyclic) bond motifs is 2. The molecule has 25 heavy (non-hydrogen) atoms. The molecule has 0 radical (unpaired) electrons. The Hall–Kier alpha value is -2.30. The highest BCUT2D eigenvalue weighted by Gasteiger charge is 2.35. The summed E-state index contributed by atoms with van der Waals surface area (Å²) in [5.74, 6) is 2.05. The molecule has 1 aromatic carbocycles. The zero-order valence-electron chi connectivity index (χ0n) is 15.3. The van der Waals surface area contributed by atoms with E-state index in [1.54, 1.807) is 11.8 Å². The molecule has 5 nitrogen and oxygen atoms in total. The van der Waals surface area contributed by atoms with Crippen molar-refractivity contribution in [2.45, 2.75) is 51.4 Å². The molecule has 132 valence electrons. The molecular weight excluding hydrogens is 314 g/mol. The lowest BCUT2D eigenvalue weighted by Crippen LogP contribution is -2.25. The number of ether oxygens (including phenoxy) is 1. The second kappa shape index (κ2) is 5.90. The number of rotatable bonds is 3. The Balaban J connectivity index is 1.92. The van der Waals surface area contributed by atoms with Gasteiger partial charge in [-0.1, -0.05) is 19.9 Å². The summed E-state index contributed by atoms with van der Waals surface area (Å²) in [4.78, 5) is 12.4. The van der Waals surface area contributed by atoms with Crippen molar-refractivity contribution in [3.8, 4) is 5.75 Å². The molecule has 0 bridgehead atoms. The minimum atomic E-state index is -0.00398. The Labute approximate surface area is 148 Å². The molecule has 1 aliphatic carbocycles. The van der Waals surface area contributed by atoms with E-state index < -0.39 is 0 Å². The van der Waals surface area contributed by atoms with Gasteiger partial charge in [-0.15, -0.1) is 0 Å². The van der Waals surface area contributed by atoms with Crippen LogP contribution in [0.4, 0.5) is 5.82 Å². The molecule has 0 unspecified atom stereocenters. The summed E-state index contributed by atoms with van der Waals surface area (Å²) in [6.45, 7) is 4.30. The van der Waals surface area contributed by atoms with E-state index in [0.717, 1.165) is 41.2 Å². The van der Waals surface area contributed by atoms with Gasteiger partial charge in [-0.3, -0.25) is 9.48 Å². The van der Waals surface area contributed by atoms with E-state index in [1.807, 2.05) is 7.05 Å². The van der Waals surface area contributed by atoms with Crippen molar-refractivity contribution in [2.24, 2.45) is 7.05 Å². The zero-order valence-corrected chi connectivity index (χ0v) is 15.3. The fourth-order valence-electron chi connectivity index (χ4n) is 4.29. The Bertz CT molecular complexity index is 851. The van der Waals surface area contributed by atoms with Gasteiger partial charge in [-0.05, 0) is 42.4 Å². The summed E-state index contributed by atoms with van der Waals surface area (Å²) < 4.78 is 7.52. The Morgan fingerprint density at radius 3 is 2.68 bits per heavy atom. The molecule has 2 heterocycles. The van der Waals surface area contributed by atoms with Crippen LogP contribution in [-0.4, -0.2) is 22.8 Å². The third-order valence-corrected chi connectivity index (χ3v) is 5.47. The number of methoxy groups -OCH3 is 1. The number of hydrogen-bond acceptors (Lipinski definition) is 3. The Morgan fingerprint density at radius 2 is 2.00 bits per heavy atom. The maximum Gasteiger partial charge on any atom is 0.226 e. The molecule has 2 aliphatic rings. The SMILES string of the molecule is COc1cc2c(cc1[C@H]1CC(=O)Nc3c1c(C(C)C)nn3C)CCC2. The third-order valence-electron chi connectivity index (χ3n) is 5.47. The van der Waals surface area contributed by atoms with E-state index in [-0.39, 0.29) is 11.8 Å². The fraction of sp³-hybridized carbons (Fsp3) is 0.500. The van der Waals surface area contributed by atoms with E-state index in [2.05, 4.69) is 31.3 Å². The number of hydrogen-bond donors (Lipinski definition) is 1. The number of carbonyl (C=O) groups is 1. The molecule has 2 aromatic rings. The van der Waals surface area contributed by atoms with Crippen LogP contribution >= 0.6 is 0 Å². The molecule has 4 rings (SSSR count). The molecule has 0 fully saturated rings. The van der Waals surface area contributed by atoms with Crippen LogP contribution in [0.2, 0.25) is 0 Å². The van der Waals surface area contributed by atoms with Crippen LogP contribution in [0.25, 0.3) is 0 Å². The predicted octanol–water partition coefficient (Wildman–Crippen LogP) is 3.51. The first kappa shape index (κ1) is 16.2. The number of aryl methyl sites for hydroxylation is 3. The number of nitrogens with zero attached hydrogens (tertiary/aromatic N) is 2. The number of aromatic nitrogens is 2. The average molecular weight is 339 g/mol. The second-order valence-corrected chi connectivity index (χ2v) is 7.45. The van der Waals surface area contributed by atoms with Crippen molar-refractivity contribution < 1.29 is 9.53 Å². The topological polar surface area (TPSA) is 56.1 Å². The monoisotopic (exact) mass is 339 g/mol. The molecular formula is C20H25N3O2. The summed E-state index contributed by atoms with van der Waals surface area (Å²) in [5, 5.41) is 7.70. The lowest BCUT2D eigenvalue weighted by Gasteiger charge is -2.27. The van der Waals surface area contributed by atoms with Crippen LogP contribution in [0.5, 0.6) is 5.75 Å². The van der Waals surface area contributed by atoms with Crippen LogP contribution in [0.15, 0.2) is 12.1 Å². The van der Waals surface area contributed by atoms with E-state index in [4.69, 9.17) is 9.84 Å². The van der Waals surface area contributed by atoms with Gasteiger partial charge in [0.25, 0.3) is 0 Å². The Kier molecular flexibility index (Phi) is 3.82. The van der Waals surface area contributed by atoms with E-state index in [9.17, 15) is 4.79 Å². The van der Waals surface area contributed by atoms with E-state index in [0.29, 0.717) is 12.3 Å². The summed E-state index contributed by atoms with van der Waals surface area (Å²) >= 11 is 0.